The van der Waals surface area contributed by atoms with Crippen LogP contribution < -0.4 is 10.6 Å². The average Bonchev–Trinajstić information content (AvgIpc) is 3.27. The van der Waals surface area contributed by atoms with Crippen molar-refractivity contribution >= 4 is 23.7 Å². The second-order valence-corrected chi connectivity index (χ2v) is 5.57. The number of furan rings is 1. The summed E-state index contributed by atoms with van der Waals surface area (Å²) >= 11 is 0. The van der Waals surface area contributed by atoms with Gasteiger partial charge in [-0.3, -0.25) is 10.1 Å². The predicted molar refractivity (Wildman–Crippen MR) is 89.6 cm³/mol. The van der Waals surface area contributed by atoms with Gasteiger partial charge >= 0.3 is 12.0 Å². The second-order valence-electron chi connectivity index (χ2n) is 5.57. The van der Waals surface area contributed by atoms with E-state index < -0.39 is 24.5 Å². The van der Waals surface area contributed by atoms with Crippen LogP contribution in [0, 0.1) is 13.8 Å². The monoisotopic (exact) mass is 372 g/mol. The fourth-order valence-corrected chi connectivity index (χ4v) is 2.24. The maximum Gasteiger partial charge on any atom is 0.378 e. The standard InChI is InChI=1S/C16H16N6O5/c1-9-6-10(2)22-15(18-9)20-13(21-22)14(24)27-8-12(23)19-16(25)17-7-11-4-3-5-26-11/h3-6H,7-8H2,1-2H3,(H2,17,19,23,25). The number of rotatable bonds is 5. The molecule has 3 heterocycles. The SMILES string of the molecule is Cc1cc(C)n2nc(C(=O)OCC(=O)NC(=O)NCc3ccco3)nc2n1. The first-order valence-electron chi connectivity index (χ1n) is 7.90. The molecular weight excluding hydrogens is 356 g/mol. The van der Waals surface area contributed by atoms with Crippen molar-refractivity contribution in [3.63, 3.8) is 0 Å². The molecule has 0 saturated carbocycles. The summed E-state index contributed by atoms with van der Waals surface area (Å²) in [6, 6.07) is 4.38. The first-order valence-corrected chi connectivity index (χ1v) is 7.90. The summed E-state index contributed by atoms with van der Waals surface area (Å²) in [4.78, 5) is 43.4. The Balaban J connectivity index is 1.50. The minimum Gasteiger partial charge on any atom is -0.467 e. The van der Waals surface area contributed by atoms with Crippen molar-refractivity contribution in [2.75, 3.05) is 6.61 Å². The minimum absolute atomic E-state index is 0.114. The predicted octanol–water partition coefficient (Wildman–Crippen LogP) is 0.517. The van der Waals surface area contributed by atoms with Gasteiger partial charge in [0.2, 0.25) is 0 Å². The van der Waals surface area contributed by atoms with Crippen LogP contribution in [0.3, 0.4) is 0 Å². The van der Waals surface area contributed by atoms with Gasteiger partial charge in [0, 0.05) is 11.4 Å². The van der Waals surface area contributed by atoms with Gasteiger partial charge in [-0.2, -0.15) is 4.98 Å². The van der Waals surface area contributed by atoms with Crippen LogP contribution in [0.5, 0.6) is 0 Å². The number of urea groups is 1. The quantitative estimate of drug-likeness (QED) is 0.618. The van der Waals surface area contributed by atoms with Gasteiger partial charge in [-0.25, -0.2) is 19.1 Å². The second kappa shape index (κ2) is 7.64. The number of aromatic nitrogens is 4. The van der Waals surface area contributed by atoms with Crippen LogP contribution in [0.2, 0.25) is 0 Å². The molecule has 0 bridgehead atoms. The van der Waals surface area contributed by atoms with Crippen molar-refractivity contribution < 1.29 is 23.5 Å². The number of fused-ring (bicyclic) bond motifs is 1. The van der Waals surface area contributed by atoms with Crippen LogP contribution in [-0.2, 0) is 16.1 Å². The molecule has 3 aromatic rings. The summed E-state index contributed by atoms with van der Waals surface area (Å²) in [6.45, 7) is 3.04. The molecule has 0 aliphatic rings. The van der Waals surface area contributed by atoms with Crippen molar-refractivity contribution in [3.05, 3.63) is 47.4 Å². The number of hydrogen-bond donors (Lipinski definition) is 2. The van der Waals surface area contributed by atoms with Crippen LogP contribution >= 0.6 is 0 Å². The lowest BCUT2D eigenvalue weighted by molar-refractivity contribution is -0.123. The van der Waals surface area contributed by atoms with E-state index in [4.69, 9.17) is 9.15 Å². The zero-order valence-electron chi connectivity index (χ0n) is 14.6. The molecule has 11 heteroatoms. The number of carbonyl (C=O) groups excluding carboxylic acids is 3. The molecule has 0 aliphatic heterocycles. The molecule has 0 unspecified atom stereocenters. The third-order valence-electron chi connectivity index (χ3n) is 3.39. The number of aryl methyl sites for hydroxylation is 2. The number of ether oxygens (including phenoxy) is 1. The Bertz CT molecular complexity index is 994. The molecule has 0 saturated heterocycles. The highest BCUT2D eigenvalue weighted by atomic mass is 16.5. The highest BCUT2D eigenvalue weighted by molar-refractivity contribution is 5.96. The number of hydrogen-bond acceptors (Lipinski definition) is 8. The van der Waals surface area contributed by atoms with E-state index in [1.165, 1.54) is 10.8 Å². The lowest BCUT2D eigenvalue weighted by Gasteiger charge is -2.05. The highest BCUT2D eigenvalue weighted by Crippen LogP contribution is 2.06. The van der Waals surface area contributed by atoms with E-state index >= 15 is 0 Å². The molecule has 0 aliphatic carbocycles. The molecule has 27 heavy (non-hydrogen) atoms. The van der Waals surface area contributed by atoms with Gasteiger partial charge < -0.3 is 14.5 Å². The molecule has 0 spiro atoms. The third-order valence-corrected chi connectivity index (χ3v) is 3.39. The zero-order valence-corrected chi connectivity index (χ0v) is 14.6. The normalized spacial score (nSPS) is 10.6. The highest BCUT2D eigenvalue weighted by Gasteiger charge is 2.18. The van der Waals surface area contributed by atoms with Crippen LogP contribution in [-0.4, -0.2) is 44.1 Å². The summed E-state index contributed by atoms with van der Waals surface area (Å²) < 4.78 is 11.3. The largest absolute Gasteiger partial charge is 0.467 e. The third kappa shape index (κ3) is 4.45. The first kappa shape index (κ1) is 18.0. The summed E-state index contributed by atoms with van der Waals surface area (Å²) in [5, 5.41) is 8.45. The van der Waals surface area contributed by atoms with Crippen molar-refractivity contribution in [2.24, 2.45) is 0 Å². The number of imide groups is 1. The van der Waals surface area contributed by atoms with Crippen molar-refractivity contribution in [2.45, 2.75) is 20.4 Å². The molecular formula is C16H16N6O5. The van der Waals surface area contributed by atoms with E-state index in [0.29, 0.717) is 5.76 Å². The molecule has 3 aromatic heterocycles. The summed E-state index contributed by atoms with van der Waals surface area (Å²) in [5.41, 5.74) is 1.47. The molecule has 140 valence electrons. The van der Waals surface area contributed by atoms with Crippen LogP contribution in [0.1, 0.15) is 27.8 Å². The molecule has 2 N–H and O–H groups in total. The van der Waals surface area contributed by atoms with E-state index in [1.807, 2.05) is 5.32 Å². The summed E-state index contributed by atoms with van der Waals surface area (Å²) in [6.07, 6.45) is 1.46. The molecule has 0 radical (unpaired) electrons. The molecule has 3 rings (SSSR count). The molecule has 0 atom stereocenters. The Hall–Kier alpha value is -3.76. The fourth-order valence-electron chi connectivity index (χ4n) is 2.24. The van der Waals surface area contributed by atoms with Gasteiger partial charge in [0.1, 0.15) is 5.76 Å². The van der Waals surface area contributed by atoms with Gasteiger partial charge in [0.05, 0.1) is 12.8 Å². The molecule has 0 aromatic carbocycles. The first-order chi connectivity index (χ1) is 12.9. The van der Waals surface area contributed by atoms with Crippen molar-refractivity contribution in [1.29, 1.82) is 0 Å². The van der Waals surface area contributed by atoms with Gasteiger partial charge in [0.15, 0.2) is 6.61 Å². The van der Waals surface area contributed by atoms with Crippen molar-refractivity contribution in [3.8, 4) is 0 Å². The van der Waals surface area contributed by atoms with E-state index in [1.54, 1.807) is 32.0 Å². The van der Waals surface area contributed by atoms with E-state index in [-0.39, 0.29) is 18.1 Å². The molecule has 3 amide bonds. The van der Waals surface area contributed by atoms with E-state index in [0.717, 1.165) is 11.4 Å². The molecule has 11 nitrogen and oxygen atoms in total. The van der Waals surface area contributed by atoms with Gasteiger partial charge in [-0.05, 0) is 32.0 Å². The van der Waals surface area contributed by atoms with E-state index in [9.17, 15) is 14.4 Å². The number of amides is 3. The van der Waals surface area contributed by atoms with Gasteiger partial charge in [-0.15, -0.1) is 5.10 Å². The van der Waals surface area contributed by atoms with E-state index in [2.05, 4.69) is 20.4 Å². The Labute approximate surface area is 152 Å². The molecule has 0 fully saturated rings. The number of nitrogens with zero attached hydrogens (tertiary/aromatic N) is 4. The number of nitrogens with one attached hydrogen (secondary N) is 2. The fraction of sp³-hybridized carbons (Fsp3) is 0.250. The maximum atomic E-state index is 12.0. The van der Waals surface area contributed by atoms with Crippen LogP contribution in [0.15, 0.2) is 28.9 Å². The summed E-state index contributed by atoms with van der Waals surface area (Å²) in [7, 11) is 0. The van der Waals surface area contributed by atoms with Crippen LogP contribution in [0.25, 0.3) is 5.78 Å². The minimum atomic E-state index is -0.899. The summed E-state index contributed by atoms with van der Waals surface area (Å²) in [5.74, 6) is -1.15. The lowest BCUT2D eigenvalue weighted by atomic mass is 10.4. The smallest absolute Gasteiger partial charge is 0.378 e. The van der Waals surface area contributed by atoms with Crippen molar-refractivity contribution in [1.82, 2.24) is 30.2 Å². The maximum absolute atomic E-state index is 12.0. The number of carbonyl (C=O) groups is 3. The average molecular weight is 372 g/mol. The van der Waals surface area contributed by atoms with Gasteiger partial charge in [0.25, 0.3) is 17.5 Å². The topological polar surface area (TPSA) is 141 Å². The van der Waals surface area contributed by atoms with Crippen LogP contribution in [0.4, 0.5) is 4.79 Å². The Morgan fingerprint density at radius 2 is 2.07 bits per heavy atom. The Morgan fingerprint density at radius 3 is 2.81 bits per heavy atom. The Kier molecular flexibility index (Phi) is 5.11. The number of esters is 1. The zero-order chi connectivity index (χ0) is 19.4. The Morgan fingerprint density at radius 1 is 1.26 bits per heavy atom. The van der Waals surface area contributed by atoms with Gasteiger partial charge in [-0.1, -0.05) is 0 Å². The lowest BCUT2D eigenvalue weighted by Crippen LogP contribution is -2.41.